The molecule has 0 aromatic heterocycles. The molecule has 1 aliphatic heterocycles. The molecule has 0 spiro atoms. The van der Waals surface area contributed by atoms with Gasteiger partial charge in [-0.05, 0) is 12.1 Å². The number of benzene rings is 1. The first-order chi connectivity index (χ1) is 9.81. The van der Waals surface area contributed by atoms with Gasteiger partial charge in [0.2, 0.25) is 0 Å². The van der Waals surface area contributed by atoms with Crippen LogP contribution in [0.5, 0.6) is 0 Å². The van der Waals surface area contributed by atoms with Gasteiger partial charge in [0.05, 0.1) is 6.61 Å². The lowest BCUT2D eigenvalue weighted by atomic mass is 10.1. The fourth-order valence-corrected chi connectivity index (χ4v) is 1.73. The van der Waals surface area contributed by atoms with E-state index in [1.165, 1.54) is 12.1 Å². The number of aliphatic hydroxyl groups excluding tert-OH is 1. The molecule has 114 valence electrons. The highest BCUT2D eigenvalue weighted by atomic mass is 19.3. The van der Waals surface area contributed by atoms with Gasteiger partial charge in [-0.2, -0.15) is 8.78 Å². The summed E-state index contributed by atoms with van der Waals surface area (Å²) in [7, 11) is 0. The van der Waals surface area contributed by atoms with Gasteiger partial charge in [-0.15, -0.1) is 0 Å². The Kier molecular flexibility index (Phi) is 3.79. The molecule has 0 aliphatic carbocycles. The standard InChI is InChI=1S/C12H11F2NO6/c13-11(14)9(17)20-8(6-16)12(11,19)21-10(18)15-7-4-2-1-3-5-7/h1-5,8,16,19H,6H2,(H,15,18)/t8-,12+/m1/s1. The van der Waals surface area contributed by atoms with Crippen molar-refractivity contribution in [3.8, 4) is 0 Å². The molecule has 7 nitrogen and oxygen atoms in total. The molecular weight excluding hydrogens is 292 g/mol. The summed E-state index contributed by atoms with van der Waals surface area (Å²) in [4.78, 5) is 22.5. The Balaban J connectivity index is 2.16. The van der Waals surface area contributed by atoms with E-state index in [1.807, 2.05) is 0 Å². The zero-order valence-electron chi connectivity index (χ0n) is 10.5. The number of alkyl halides is 2. The number of cyclic esters (lactones) is 1. The van der Waals surface area contributed by atoms with Crippen LogP contribution in [0.15, 0.2) is 30.3 Å². The van der Waals surface area contributed by atoms with Gasteiger partial charge < -0.3 is 19.7 Å². The highest BCUT2D eigenvalue weighted by molar-refractivity contribution is 5.87. The van der Waals surface area contributed by atoms with E-state index in [4.69, 9.17) is 5.11 Å². The second-order valence-electron chi connectivity index (χ2n) is 4.23. The molecule has 21 heavy (non-hydrogen) atoms. The topological polar surface area (TPSA) is 105 Å². The quantitative estimate of drug-likeness (QED) is 0.554. The molecule has 2 atom stereocenters. The van der Waals surface area contributed by atoms with Crippen LogP contribution in [0.1, 0.15) is 0 Å². The Labute approximate surface area is 117 Å². The average molecular weight is 303 g/mol. The normalized spacial score (nSPS) is 27.0. The summed E-state index contributed by atoms with van der Waals surface area (Å²) in [6.07, 6.45) is -3.51. The number of aliphatic hydroxyl groups is 2. The van der Waals surface area contributed by atoms with E-state index in [9.17, 15) is 23.5 Å². The Morgan fingerprint density at radius 1 is 1.38 bits per heavy atom. The molecule has 0 bridgehead atoms. The zero-order valence-corrected chi connectivity index (χ0v) is 10.5. The van der Waals surface area contributed by atoms with Crippen molar-refractivity contribution in [1.29, 1.82) is 0 Å². The van der Waals surface area contributed by atoms with E-state index in [-0.39, 0.29) is 5.69 Å². The van der Waals surface area contributed by atoms with E-state index in [0.717, 1.165) is 0 Å². The predicted octanol–water partition coefficient (Wildman–Crippen LogP) is 0.477. The van der Waals surface area contributed by atoms with Crippen molar-refractivity contribution in [3.05, 3.63) is 30.3 Å². The first-order valence-electron chi connectivity index (χ1n) is 5.78. The van der Waals surface area contributed by atoms with Gasteiger partial charge >= 0.3 is 23.8 Å². The van der Waals surface area contributed by atoms with Crippen LogP contribution in [0.25, 0.3) is 0 Å². The van der Waals surface area contributed by atoms with Crippen LogP contribution in [0.3, 0.4) is 0 Å². The summed E-state index contributed by atoms with van der Waals surface area (Å²) in [5, 5.41) is 20.7. The summed E-state index contributed by atoms with van der Waals surface area (Å²) >= 11 is 0. The number of para-hydroxylation sites is 1. The number of esters is 1. The number of carbonyl (C=O) groups excluding carboxylic acids is 2. The highest BCUT2D eigenvalue weighted by Gasteiger charge is 2.74. The average Bonchev–Trinajstić information content (AvgIpc) is 2.60. The number of rotatable bonds is 3. The fraction of sp³-hybridized carbons (Fsp3) is 0.333. The maximum Gasteiger partial charge on any atom is 0.414 e. The Morgan fingerprint density at radius 3 is 2.57 bits per heavy atom. The summed E-state index contributed by atoms with van der Waals surface area (Å²) in [6, 6.07) is 7.69. The van der Waals surface area contributed by atoms with Crippen LogP contribution in [-0.4, -0.2) is 46.7 Å². The molecular formula is C12H11F2NO6. The number of nitrogens with one attached hydrogen (secondary N) is 1. The van der Waals surface area contributed by atoms with Crippen LogP contribution < -0.4 is 5.32 Å². The van der Waals surface area contributed by atoms with Gasteiger partial charge in [-0.1, -0.05) is 18.2 Å². The molecule has 1 aliphatic rings. The van der Waals surface area contributed by atoms with Crippen molar-refractivity contribution in [2.24, 2.45) is 0 Å². The van der Waals surface area contributed by atoms with Gasteiger partial charge in [0.15, 0.2) is 6.10 Å². The Morgan fingerprint density at radius 2 is 2.00 bits per heavy atom. The smallest absolute Gasteiger partial charge is 0.414 e. The first-order valence-corrected chi connectivity index (χ1v) is 5.78. The molecule has 0 saturated carbocycles. The number of anilines is 1. The van der Waals surface area contributed by atoms with E-state index in [2.05, 4.69) is 14.8 Å². The summed E-state index contributed by atoms with van der Waals surface area (Å²) in [6.45, 7) is -1.14. The molecule has 0 radical (unpaired) electrons. The predicted molar refractivity (Wildman–Crippen MR) is 63.4 cm³/mol. The summed E-state index contributed by atoms with van der Waals surface area (Å²) in [5.41, 5.74) is 0.222. The lowest BCUT2D eigenvalue weighted by Crippen LogP contribution is -2.57. The molecule has 2 rings (SSSR count). The summed E-state index contributed by atoms with van der Waals surface area (Å²) in [5.74, 6) is -10.2. The number of halogens is 2. The largest absolute Gasteiger partial charge is 0.448 e. The van der Waals surface area contributed by atoms with E-state index in [1.54, 1.807) is 18.2 Å². The molecule has 1 aromatic carbocycles. The number of hydrogen-bond donors (Lipinski definition) is 3. The van der Waals surface area contributed by atoms with Crippen molar-refractivity contribution in [1.82, 2.24) is 0 Å². The number of carbonyl (C=O) groups is 2. The molecule has 9 heteroatoms. The fourth-order valence-electron chi connectivity index (χ4n) is 1.73. The van der Waals surface area contributed by atoms with Crippen molar-refractivity contribution in [3.63, 3.8) is 0 Å². The van der Waals surface area contributed by atoms with Crippen LogP contribution in [-0.2, 0) is 14.3 Å². The number of amides is 1. The molecule has 1 saturated heterocycles. The third kappa shape index (κ3) is 2.52. The van der Waals surface area contributed by atoms with Crippen LogP contribution in [0.4, 0.5) is 19.3 Å². The molecule has 1 fully saturated rings. The second kappa shape index (κ2) is 5.26. The lowest BCUT2D eigenvalue weighted by molar-refractivity contribution is -0.279. The summed E-state index contributed by atoms with van der Waals surface area (Å²) < 4.78 is 35.5. The second-order valence-corrected chi connectivity index (χ2v) is 4.23. The Bertz CT molecular complexity index is 552. The molecule has 1 amide bonds. The third-order valence-corrected chi connectivity index (χ3v) is 2.83. The third-order valence-electron chi connectivity index (χ3n) is 2.83. The van der Waals surface area contributed by atoms with Crippen LogP contribution in [0, 0.1) is 0 Å². The van der Waals surface area contributed by atoms with Crippen molar-refractivity contribution < 1.29 is 38.1 Å². The van der Waals surface area contributed by atoms with Crippen LogP contribution >= 0.6 is 0 Å². The van der Waals surface area contributed by atoms with E-state index < -0.39 is 36.5 Å². The molecule has 3 N–H and O–H groups in total. The maximum atomic E-state index is 13.6. The van der Waals surface area contributed by atoms with Gasteiger partial charge in [0.25, 0.3) is 0 Å². The van der Waals surface area contributed by atoms with Gasteiger partial charge in [-0.3, -0.25) is 5.32 Å². The van der Waals surface area contributed by atoms with Crippen molar-refractivity contribution >= 4 is 17.7 Å². The Hall–Kier alpha value is -2.26. The zero-order chi connectivity index (χ0) is 15.7. The minimum atomic E-state index is -4.49. The van der Waals surface area contributed by atoms with Crippen molar-refractivity contribution in [2.75, 3.05) is 11.9 Å². The van der Waals surface area contributed by atoms with Crippen molar-refractivity contribution in [2.45, 2.75) is 17.8 Å². The van der Waals surface area contributed by atoms with Gasteiger partial charge in [-0.25, -0.2) is 9.59 Å². The van der Waals surface area contributed by atoms with Crippen LogP contribution in [0.2, 0.25) is 0 Å². The minimum Gasteiger partial charge on any atom is -0.448 e. The van der Waals surface area contributed by atoms with E-state index in [0.29, 0.717) is 0 Å². The van der Waals surface area contributed by atoms with E-state index >= 15 is 0 Å². The first kappa shape index (κ1) is 15.1. The monoisotopic (exact) mass is 303 g/mol. The molecule has 0 unspecified atom stereocenters. The molecule has 1 heterocycles. The van der Waals surface area contributed by atoms with Gasteiger partial charge in [0.1, 0.15) is 0 Å². The number of ether oxygens (including phenoxy) is 2. The van der Waals surface area contributed by atoms with Gasteiger partial charge in [0, 0.05) is 5.69 Å². The highest BCUT2D eigenvalue weighted by Crippen LogP contribution is 2.41. The molecule has 1 aromatic rings. The minimum absolute atomic E-state index is 0.222. The maximum absolute atomic E-state index is 13.6. The lowest BCUT2D eigenvalue weighted by Gasteiger charge is -2.28. The number of hydrogen-bond acceptors (Lipinski definition) is 6. The SMILES string of the molecule is O=C(Nc1ccccc1)O[C@@]1(O)[C@@H](CO)OC(=O)C1(F)F.